The van der Waals surface area contributed by atoms with Crippen molar-refractivity contribution in [1.82, 2.24) is 5.32 Å². The first-order valence-electron chi connectivity index (χ1n) is 5.75. The predicted octanol–water partition coefficient (Wildman–Crippen LogP) is 3.75. The molecule has 1 N–H and O–H groups in total. The Hall–Kier alpha value is -0.250. The number of hydrogen-bond acceptors (Lipinski definition) is 2. The molecule has 1 aromatic carbocycles. The monoisotopic (exact) mass is 275 g/mol. The Labute approximate surface area is 112 Å². The van der Waals surface area contributed by atoms with Crippen LogP contribution in [-0.2, 0) is 6.42 Å². The van der Waals surface area contributed by atoms with Crippen molar-refractivity contribution < 1.29 is 4.39 Å². The molecule has 96 valence electrons. The molecule has 0 aliphatic heterocycles. The Morgan fingerprint density at radius 3 is 2.71 bits per heavy atom. The highest BCUT2D eigenvalue weighted by molar-refractivity contribution is 7.99. The third-order valence-corrected chi connectivity index (χ3v) is 4.14. The third kappa shape index (κ3) is 5.28. The topological polar surface area (TPSA) is 12.0 Å². The van der Waals surface area contributed by atoms with E-state index in [0.717, 1.165) is 17.7 Å². The van der Waals surface area contributed by atoms with Crippen LogP contribution in [-0.4, -0.2) is 24.1 Å². The number of likely N-dealkylation sites (N-methyl/N-ethyl adjacent to an activating group) is 1. The van der Waals surface area contributed by atoms with E-state index in [2.05, 4.69) is 19.2 Å². The lowest BCUT2D eigenvalue weighted by molar-refractivity contribution is 0.602. The van der Waals surface area contributed by atoms with Gasteiger partial charge in [0.25, 0.3) is 0 Å². The number of nitrogens with one attached hydrogen (secondary N) is 1. The molecule has 0 saturated carbocycles. The van der Waals surface area contributed by atoms with Gasteiger partial charge in [-0.05, 0) is 42.5 Å². The molecule has 1 atom stereocenters. The zero-order valence-electron chi connectivity index (χ0n) is 10.5. The molecule has 4 heteroatoms. The molecular weight excluding hydrogens is 257 g/mol. The minimum Gasteiger partial charge on any atom is -0.316 e. The minimum absolute atomic E-state index is 0.226. The van der Waals surface area contributed by atoms with Gasteiger partial charge in [-0.1, -0.05) is 25.4 Å². The van der Waals surface area contributed by atoms with Crippen LogP contribution in [0.25, 0.3) is 0 Å². The van der Waals surface area contributed by atoms with Crippen molar-refractivity contribution in [3.8, 4) is 0 Å². The molecule has 0 bridgehead atoms. The molecule has 0 saturated heterocycles. The van der Waals surface area contributed by atoms with Gasteiger partial charge in [0.1, 0.15) is 5.82 Å². The van der Waals surface area contributed by atoms with Gasteiger partial charge in [-0.2, -0.15) is 11.8 Å². The van der Waals surface area contributed by atoms with E-state index in [1.807, 2.05) is 18.8 Å². The minimum atomic E-state index is -0.226. The summed E-state index contributed by atoms with van der Waals surface area (Å²) in [6.45, 7) is 4.35. The summed E-state index contributed by atoms with van der Waals surface area (Å²) in [5.41, 5.74) is 0.871. The molecule has 1 unspecified atom stereocenters. The van der Waals surface area contributed by atoms with Gasteiger partial charge in [0.2, 0.25) is 0 Å². The summed E-state index contributed by atoms with van der Waals surface area (Å²) in [6, 6.07) is 4.85. The first-order chi connectivity index (χ1) is 8.02. The van der Waals surface area contributed by atoms with Crippen molar-refractivity contribution in [3.05, 3.63) is 34.6 Å². The van der Waals surface area contributed by atoms with E-state index in [0.29, 0.717) is 16.3 Å². The zero-order chi connectivity index (χ0) is 12.8. The number of hydrogen-bond donors (Lipinski definition) is 1. The molecule has 17 heavy (non-hydrogen) atoms. The molecular formula is C13H19ClFNS. The van der Waals surface area contributed by atoms with Gasteiger partial charge in [-0.25, -0.2) is 4.39 Å². The molecule has 0 aromatic heterocycles. The predicted molar refractivity (Wildman–Crippen MR) is 75.6 cm³/mol. The second-order valence-corrected chi connectivity index (χ2v) is 6.32. The lowest BCUT2D eigenvalue weighted by Gasteiger charge is -2.17. The normalized spacial score (nSPS) is 13.1. The molecule has 0 aliphatic rings. The summed E-state index contributed by atoms with van der Waals surface area (Å²) in [6.07, 6.45) is 0.757. The highest BCUT2D eigenvalue weighted by atomic mass is 35.5. The number of thioether (sulfide) groups is 1. The second-order valence-electron chi connectivity index (χ2n) is 4.31. The fraction of sp³-hybridized carbons (Fsp3) is 0.538. The Kier molecular flexibility index (Phi) is 6.31. The maximum absolute atomic E-state index is 13.1. The van der Waals surface area contributed by atoms with Crippen molar-refractivity contribution in [2.24, 2.45) is 0 Å². The number of benzene rings is 1. The number of halogens is 2. The lowest BCUT2D eigenvalue weighted by Crippen LogP contribution is -2.30. The van der Waals surface area contributed by atoms with Crippen molar-refractivity contribution in [2.45, 2.75) is 31.6 Å². The highest BCUT2D eigenvalue weighted by Gasteiger charge is 2.11. The van der Waals surface area contributed by atoms with Crippen LogP contribution in [0.3, 0.4) is 0 Å². The molecule has 0 amide bonds. The fourth-order valence-corrected chi connectivity index (χ4v) is 2.61. The van der Waals surface area contributed by atoms with E-state index in [1.54, 1.807) is 6.07 Å². The quantitative estimate of drug-likeness (QED) is 0.849. The van der Waals surface area contributed by atoms with Crippen LogP contribution in [0.1, 0.15) is 19.4 Å². The Morgan fingerprint density at radius 2 is 2.12 bits per heavy atom. The third-order valence-electron chi connectivity index (χ3n) is 2.51. The van der Waals surface area contributed by atoms with Crippen molar-refractivity contribution in [3.63, 3.8) is 0 Å². The summed E-state index contributed by atoms with van der Waals surface area (Å²) in [7, 11) is 1.93. The highest BCUT2D eigenvalue weighted by Crippen LogP contribution is 2.20. The molecule has 1 rings (SSSR count). The molecule has 0 spiro atoms. The van der Waals surface area contributed by atoms with E-state index in [1.165, 1.54) is 12.1 Å². The molecule has 0 radical (unpaired) electrons. The second kappa shape index (κ2) is 7.24. The van der Waals surface area contributed by atoms with Gasteiger partial charge in [0.15, 0.2) is 0 Å². The van der Waals surface area contributed by atoms with Crippen LogP contribution >= 0.6 is 23.4 Å². The van der Waals surface area contributed by atoms with Gasteiger partial charge in [-0.15, -0.1) is 0 Å². The van der Waals surface area contributed by atoms with E-state index in [4.69, 9.17) is 11.6 Å². The standard InChI is InChI=1S/C13H19ClFNS/c1-9(2)17-8-12(16-3)7-10-6-11(15)4-5-13(10)14/h4-6,9,12,16H,7-8H2,1-3H3. The smallest absolute Gasteiger partial charge is 0.123 e. The first kappa shape index (κ1) is 14.8. The summed E-state index contributed by atoms with van der Waals surface area (Å²) in [4.78, 5) is 0. The molecule has 0 aliphatic carbocycles. The van der Waals surface area contributed by atoms with Crippen LogP contribution in [0.15, 0.2) is 18.2 Å². The van der Waals surface area contributed by atoms with E-state index in [9.17, 15) is 4.39 Å². The maximum Gasteiger partial charge on any atom is 0.123 e. The summed E-state index contributed by atoms with van der Waals surface area (Å²) in [5.74, 6) is 0.775. The molecule has 1 nitrogen and oxygen atoms in total. The van der Waals surface area contributed by atoms with Gasteiger partial charge >= 0.3 is 0 Å². The van der Waals surface area contributed by atoms with Crippen LogP contribution in [0.5, 0.6) is 0 Å². The maximum atomic E-state index is 13.1. The van der Waals surface area contributed by atoms with Crippen LogP contribution < -0.4 is 5.32 Å². The van der Waals surface area contributed by atoms with E-state index < -0.39 is 0 Å². The largest absolute Gasteiger partial charge is 0.316 e. The SMILES string of the molecule is CNC(CSC(C)C)Cc1cc(F)ccc1Cl. The fourth-order valence-electron chi connectivity index (χ4n) is 1.52. The van der Waals surface area contributed by atoms with E-state index >= 15 is 0 Å². The summed E-state index contributed by atoms with van der Waals surface area (Å²) < 4.78 is 13.1. The molecule has 0 heterocycles. The molecule has 1 aromatic rings. The first-order valence-corrected chi connectivity index (χ1v) is 7.18. The molecule has 0 fully saturated rings. The number of rotatable bonds is 6. The van der Waals surface area contributed by atoms with Gasteiger partial charge in [0, 0.05) is 16.8 Å². The van der Waals surface area contributed by atoms with Crippen molar-refractivity contribution in [1.29, 1.82) is 0 Å². The summed E-state index contributed by atoms with van der Waals surface area (Å²) in [5, 5.41) is 4.50. The van der Waals surface area contributed by atoms with Crippen molar-refractivity contribution >= 4 is 23.4 Å². The average Bonchev–Trinajstić information content (AvgIpc) is 2.28. The Morgan fingerprint density at radius 1 is 1.41 bits per heavy atom. The Bertz CT molecular complexity index is 357. The van der Waals surface area contributed by atoms with Gasteiger partial charge in [-0.3, -0.25) is 0 Å². The van der Waals surface area contributed by atoms with E-state index in [-0.39, 0.29) is 5.82 Å². The lowest BCUT2D eigenvalue weighted by atomic mass is 10.1. The van der Waals surface area contributed by atoms with Gasteiger partial charge < -0.3 is 5.32 Å². The Balaban J connectivity index is 2.63. The van der Waals surface area contributed by atoms with Crippen LogP contribution in [0.2, 0.25) is 5.02 Å². The average molecular weight is 276 g/mol. The van der Waals surface area contributed by atoms with Crippen LogP contribution in [0.4, 0.5) is 4.39 Å². The van der Waals surface area contributed by atoms with Gasteiger partial charge in [0.05, 0.1) is 0 Å². The van der Waals surface area contributed by atoms with Crippen LogP contribution in [0, 0.1) is 5.82 Å². The zero-order valence-corrected chi connectivity index (χ0v) is 12.0. The summed E-state index contributed by atoms with van der Waals surface area (Å²) >= 11 is 7.95. The van der Waals surface area contributed by atoms with Crippen molar-refractivity contribution in [2.75, 3.05) is 12.8 Å².